The Morgan fingerprint density at radius 1 is 0.500 bits per heavy atom. The Kier molecular flexibility index (Phi) is 4.42. The van der Waals surface area contributed by atoms with Crippen LogP contribution in [0.1, 0.15) is 0 Å². The quantitative estimate of drug-likeness (QED) is 0.171. The molecule has 6 heteroatoms. The van der Waals surface area contributed by atoms with Crippen molar-refractivity contribution in [3.8, 4) is 28.5 Å². The summed E-state index contributed by atoms with van der Waals surface area (Å²) in [4.78, 5) is 7.07. The van der Waals surface area contributed by atoms with Gasteiger partial charge < -0.3 is 9.97 Å². The molecule has 40 heavy (non-hydrogen) atoms. The zero-order valence-corrected chi connectivity index (χ0v) is 22.1. The molecule has 4 heterocycles. The van der Waals surface area contributed by atoms with E-state index in [0.29, 0.717) is 0 Å². The van der Waals surface area contributed by atoms with Crippen molar-refractivity contribution in [3.05, 3.63) is 116 Å². The van der Waals surface area contributed by atoms with E-state index in [1.165, 1.54) is 41.7 Å². The topological polar surface area (TPSA) is 68.1 Å². The molecule has 2 aliphatic rings. The van der Waals surface area contributed by atoms with Crippen molar-refractivity contribution in [2.75, 3.05) is 0 Å². The number of nitrogens with zero attached hydrogens (tertiary/aromatic N) is 1. The summed E-state index contributed by atoms with van der Waals surface area (Å²) in [6, 6.07) is 37.1. The molecule has 2 aliphatic heterocycles. The minimum atomic E-state index is 0.944. The number of aromatic nitrogens is 5. The predicted molar refractivity (Wildman–Crippen MR) is 168 cm³/mol. The van der Waals surface area contributed by atoms with Crippen molar-refractivity contribution >= 4 is 64.1 Å². The number of thiophene rings is 1. The summed E-state index contributed by atoms with van der Waals surface area (Å²) in [5, 5.41) is 14.7. The molecule has 4 N–H and O–H groups in total. The van der Waals surface area contributed by atoms with E-state index in [-0.39, 0.29) is 0 Å². The summed E-state index contributed by atoms with van der Waals surface area (Å²) in [5.41, 5.74) is 6.42. The van der Waals surface area contributed by atoms with E-state index in [9.17, 15) is 0 Å². The largest absolute Gasteiger partial charge is 0.357 e. The van der Waals surface area contributed by atoms with Crippen molar-refractivity contribution in [1.29, 1.82) is 0 Å². The lowest BCUT2D eigenvalue weighted by Gasteiger charge is -2.19. The lowest BCUT2D eigenvalue weighted by Crippen LogP contribution is -2.08. The highest BCUT2D eigenvalue weighted by Gasteiger charge is 2.21. The van der Waals surface area contributed by atoms with Crippen LogP contribution in [0.15, 0.2) is 116 Å². The molecule has 0 bridgehead atoms. The van der Waals surface area contributed by atoms with Gasteiger partial charge in [0, 0.05) is 48.9 Å². The van der Waals surface area contributed by atoms with Gasteiger partial charge in [-0.15, -0.1) is 11.3 Å². The van der Waals surface area contributed by atoms with Gasteiger partial charge in [-0.2, -0.15) is 0 Å². The van der Waals surface area contributed by atoms with Gasteiger partial charge in [0.2, 0.25) is 0 Å². The third-order valence-corrected chi connectivity index (χ3v) is 9.15. The van der Waals surface area contributed by atoms with Crippen LogP contribution in [0.25, 0.3) is 81.2 Å². The van der Waals surface area contributed by atoms with Crippen LogP contribution < -0.4 is 0 Å². The Morgan fingerprint density at radius 3 is 2.12 bits per heavy atom. The van der Waals surface area contributed by atoms with Crippen LogP contribution in [0.5, 0.6) is 0 Å². The van der Waals surface area contributed by atoms with Gasteiger partial charge in [0.1, 0.15) is 5.69 Å². The highest BCUT2D eigenvalue weighted by molar-refractivity contribution is 7.25. The fourth-order valence-corrected chi connectivity index (χ4v) is 7.33. The van der Waals surface area contributed by atoms with Crippen LogP contribution >= 0.6 is 11.3 Å². The molecule has 190 valence electrons. The van der Waals surface area contributed by atoms with Gasteiger partial charge in [-0.3, -0.25) is 14.8 Å². The van der Waals surface area contributed by atoms with Gasteiger partial charge in [0.05, 0.1) is 22.4 Å². The number of fused-ring (bicyclic) bond motifs is 8. The fraction of sp³-hybridized carbons (Fsp3) is 0. The molecule has 0 atom stereocenters. The number of nitrogens with one attached hydrogen (secondary N) is 4. The lowest BCUT2D eigenvalue weighted by molar-refractivity contribution is 0.936. The molecule has 5 nitrogen and oxygen atoms in total. The normalized spacial score (nSPS) is 12.0. The number of para-hydroxylation sites is 1. The summed E-state index contributed by atoms with van der Waals surface area (Å²) >= 11 is 1.83. The predicted octanol–water partition coefficient (Wildman–Crippen LogP) is 9.51. The zero-order valence-electron chi connectivity index (χ0n) is 21.3. The van der Waals surface area contributed by atoms with Crippen LogP contribution in [0.4, 0.5) is 0 Å². The molecule has 5 aromatic carbocycles. The Bertz CT molecular complexity index is 2400. The van der Waals surface area contributed by atoms with E-state index < -0.39 is 0 Å². The van der Waals surface area contributed by atoms with Crippen LogP contribution in [-0.4, -0.2) is 24.7 Å². The Balaban J connectivity index is 1.32. The van der Waals surface area contributed by atoms with Crippen LogP contribution in [0.2, 0.25) is 0 Å². The summed E-state index contributed by atoms with van der Waals surface area (Å²) in [6.45, 7) is 0. The third-order valence-electron chi connectivity index (χ3n) is 8.01. The van der Waals surface area contributed by atoms with Crippen molar-refractivity contribution in [3.63, 3.8) is 0 Å². The Hall–Kier alpha value is -5.20. The van der Waals surface area contributed by atoms with Gasteiger partial charge in [-0.05, 0) is 41.1 Å². The number of hydrogen-bond donors (Lipinski definition) is 4. The number of benzene rings is 5. The second-order valence-electron chi connectivity index (χ2n) is 10.2. The highest BCUT2D eigenvalue weighted by Crippen LogP contribution is 2.40. The molecule has 7 aromatic rings. The first kappa shape index (κ1) is 21.7. The second kappa shape index (κ2) is 8.15. The molecule has 0 aliphatic carbocycles. The number of aromatic amines is 4. The summed E-state index contributed by atoms with van der Waals surface area (Å²) in [7, 11) is 0. The Morgan fingerprint density at radius 2 is 1.23 bits per heavy atom. The molecular formula is C34H23N5S. The zero-order chi connectivity index (χ0) is 26.2. The number of H-pyrrole nitrogens is 4. The molecule has 0 fully saturated rings. The highest BCUT2D eigenvalue weighted by atomic mass is 32.1. The van der Waals surface area contributed by atoms with Gasteiger partial charge in [-0.25, -0.2) is 0 Å². The standard InChI is InChI=1S/C34H23N5S/c1-2-8-21-18-28-26(17-20(21)7-1)23-9-3-5-11-27(23)39(28)34-33-32(35-15-16-36-33)31(37-38-34)22-13-14-25-24-10-4-6-12-29(24)40-30(25)19-22/h1-19,35-38H. The monoisotopic (exact) mass is 533 g/mol. The van der Waals surface area contributed by atoms with Crippen molar-refractivity contribution < 1.29 is 0 Å². The number of hydrogen-bond acceptors (Lipinski definition) is 1. The summed E-state index contributed by atoms with van der Waals surface area (Å²) in [6.07, 6.45) is 3.89. The maximum absolute atomic E-state index is 3.58. The van der Waals surface area contributed by atoms with E-state index >= 15 is 0 Å². The van der Waals surface area contributed by atoms with E-state index in [1.54, 1.807) is 0 Å². The first-order chi connectivity index (χ1) is 19.8. The molecule has 9 rings (SSSR count). The SMILES string of the molecule is c1ccc2cc3c(cc2c1)c1ccccc1n3-c1[nH][nH]c(-c2ccc3c(c2)sc2ccccc23)c2[nH]cc[nH]c1-2. The third kappa shape index (κ3) is 3.02. The first-order valence-corrected chi connectivity index (χ1v) is 14.2. The Labute approximate surface area is 232 Å². The van der Waals surface area contributed by atoms with Gasteiger partial charge in [0.15, 0.2) is 5.82 Å². The average molecular weight is 534 g/mol. The smallest absolute Gasteiger partial charge is 0.156 e. The van der Waals surface area contributed by atoms with Crippen LogP contribution in [-0.2, 0) is 0 Å². The van der Waals surface area contributed by atoms with Gasteiger partial charge in [0.25, 0.3) is 0 Å². The molecule has 0 saturated carbocycles. The molecule has 0 spiro atoms. The van der Waals surface area contributed by atoms with Gasteiger partial charge in [-0.1, -0.05) is 72.8 Å². The second-order valence-corrected chi connectivity index (χ2v) is 11.3. The maximum atomic E-state index is 3.58. The maximum Gasteiger partial charge on any atom is 0.156 e. The van der Waals surface area contributed by atoms with Gasteiger partial charge >= 0.3 is 0 Å². The van der Waals surface area contributed by atoms with Crippen molar-refractivity contribution in [1.82, 2.24) is 24.7 Å². The average Bonchev–Trinajstić information content (AvgIpc) is 3.54. The number of rotatable bonds is 2. The van der Waals surface area contributed by atoms with Crippen molar-refractivity contribution in [2.45, 2.75) is 0 Å². The van der Waals surface area contributed by atoms with Crippen molar-refractivity contribution in [2.24, 2.45) is 0 Å². The lowest BCUT2D eigenvalue weighted by atomic mass is 10.0. The van der Waals surface area contributed by atoms with Crippen LogP contribution in [0.3, 0.4) is 0 Å². The summed E-state index contributed by atoms with van der Waals surface area (Å²) in [5.74, 6) is 0.944. The fourth-order valence-electron chi connectivity index (χ4n) is 6.19. The van der Waals surface area contributed by atoms with E-state index in [0.717, 1.165) is 39.5 Å². The van der Waals surface area contributed by atoms with E-state index in [2.05, 4.69) is 128 Å². The van der Waals surface area contributed by atoms with E-state index in [4.69, 9.17) is 0 Å². The molecule has 0 saturated heterocycles. The van der Waals surface area contributed by atoms with E-state index in [1.807, 2.05) is 23.7 Å². The minimum absolute atomic E-state index is 0.944. The first-order valence-electron chi connectivity index (χ1n) is 13.4. The minimum Gasteiger partial charge on any atom is -0.357 e. The molecule has 2 aromatic heterocycles. The van der Waals surface area contributed by atoms with Crippen LogP contribution in [0, 0.1) is 0 Å². The molecule has 0 unspecified atom stereocenters. The molecular weight excluding hydrogens is 510 g/mol. The molecule has 0 amide bonds. The molecule has 0 radical (unpaired) electrons. The summed E-state index contributed by atoms with van der Waals surface area (Å²) < 4.78 is 4.90.